The van der Waals surface area contributed by atoms with Gasteiger partial charge in [0.15, 0.2) is 0 Å². The van der Waals surface area contributed by atoms with Gasteiger partial charge in [-0.05, 0) is 6.92 Å². The third-order valence-electron chi connectivity index (χ3n) is 2.70. The highest BCUT2D eigenvalue weighted by atomic mass is 32.2. The predicted molar refractivity (Wildman–Crippen MR) is 65.2 cm³/mol. The quantitative estimate of drug-likeness (QED) is 0.843. The number of hydrogen-bond donors (Lipinski definition) is 1. The minimum atomic E-state index is -3.53. The third-order valence-corrected chi connectivity index (χ3v) is 4.21. The van der Waals surface area contributed by atoms with E-state index in [2.05, 4.69) is 14.9 Å². The summed E-state index contributed by atoms with van der Waals surface area (Å²) >= 11 is 0. The van der Waals surface area contributed by atoms with E-state index in [0.29, 0.717) is 5.69 Å². The Balaban J connectivity index is 2.15. The Hall–Kier alpha value is -1.67. The Bertz CT molecular complexity index is 656. The van der Waals surface area contributed by atoms with Gasteiger partial charge >= 0.3 is 0 Å². The van der Waals surface area contributed by atoms with Crippen molar-refractivity contribution >= 4 is 10.0 Å². The molecule has 0 amide bonds. The Labute approximate surface area is 105 Å². The molecule has 0 aliphatic heterocycles. The maximum Gasteiger partial charge on any atom is 0.244 e. The second kappa shape index (κ2) is 4.54. The van der Waals surface area contributed by atoms with E-state index in [4.69, 9.17) is 0 Å². The molecular formula is C10H15N5O2S. The molecule has 7 nitrogen and oxygen atoms in total. The first-order chi connectivity index (χ1) is 8.40. The van der Waals surface area contributed by atoms with Crippen molar-refractivity contribution in [3.8, 4) is 0 Å². The second-order valence-electron chi connectivity index (χ2n) is 4.06. The molecule has 0 bridgehead atoms. The van der Waals surface area contributed by atoms with Crippen molar-refractivity contribution in [3.63, 3.8) is 0 Å². The summed E-state index contributed by atoms with van der Waals surface area (Å²) in [6.45, 7) is 1.93. The molecule has 1 N–H and O–H groups in total. The number of nitrogens with zero attached hydrogens (tertiary/aromatic N) is 4. The van der Waals surface area contributed by atoms with Gasteiger partial charge in [0.2, 0.25) is 10.0 Å². The van der Waals surface area contributed by atoms with Crippen LogP contribution in [0.4, 0.5) is 0 Å². The summed E-state index contributed by atoms with van der Waals surface area (Å²) in [5, 5.41) is 7.90. The molecular weight excluding hydrogens is 254 g/mol. The van der Waals surface area contributed by atoms with Crippen LogP contribution in [-0.2, 0) is 30.7 Å². The molecule has 2 aromatic rings. The fourth-order valence-electron chi connectivity index (χ4n) is 1.56. The van der Waals surface area contributed by atoms with E-state index < -0.39 is 10.0 Å². The number of aromatic nitrogens is 4. The van der Waals surface area contributed by atoms with Crippen molar-refractivity contribution in [2.75, 3.05) is 0 Å². The first-order valence-electron chi connectivity index (χ1n) is 5.36. The van der Waals surface area contributed by atoms with Crippen LogP contribution in [0.15, 0.2) is 23.5 Å². The van der Waals surface area contributed by atoms with Crippen LogP contribution < -0.4 is 4.72 Å². The summed E-state index contributed by atoms with van der Waals surface area (Å²) in [4.78, 5) is 0.203. The zero-order valence-electron chi connectivity index (χ0n) is 10.5. The lowest BCUT2D eigenvalue weighted by Crippen LogP contribution is -2.23. The van der Waals surface area contributed by atoms with Crippen LogP contribution in [0.2, 0.25) is 0 Å². The van der Waals surface area contributed by atoms with Crippen LogP contribution >= 0.6 is 0 Å². The Morgan fingerprint density at radius 3 is 2.50 bits per heavy atom. The zero-order valence-corrected chi connectivity index (χ0v) is 11.3. The summed E-state index contributed by atoms with van der Waals surface area (Å²) in [7, 11) is -0.0446. The van der Waals surface area contributed by atoms with Crippen LogP contribution in [0, 0.1) is 6.92 Å². The van der Waals surface area contributed by atoms with E-state index in [9.17, 15) is 8.42 Å². The minimum Gasteiger partial charge on any atom is -0.275 e. The van der Waals surface area contributed by atoms with E-state index in [-0.39, 0.29) is 11.4 Å². The number of aryl methyl sites for hydroxylation is 2. The molecule has 0 unspecified atom stereocenters. The van der Waals surface area contributed by atoms with Gasteiger partial charge in [0, 0.05) is 32.4 Å². The average molecular weight is 269 g/mol. The molecule has 0 aromatic carbocycles. The lowest BCUT2D eigenvalue weighted by molar-refractivity contribution is 0.580. The van der Waals surface area contributed by atoms with Crippen LogP contribution in [0.1, 0.15) is 11.3 Å². The predicted octanol–water partition coefficient (Wildman–Crippen LogP) is -0.0595. The van der Waals surface area contributed by atoms with Gasteiger partial charge in [0.1, 0.15) is 4.90 Å². The summed E-state index contributed by atoms with van der Waals surface area (Å²) in [6.07, 6.45) is 4.73. The summed E-state index contributed by atoms with van der Waals surface area (Å²) in [5.74, 6) is 0. The SMILES string of the molecule is Cc1c(S(=O)(=O)NCc2cnn(C)c2)cnn1C. The number of nitrogens with one attached hydrogen (secondary N) is 1. The Morgan fingerprint density at radius 1 is 1.28 bits per heavy atom. The van der Waals surface area contributed by atoms with Crippen LogP contribution in [0.5, 0.6) is 0 Å². The van der Waals surface area contributed by atoms with Crippen molar-refractivity contribution in [1.29, 1.82) is 0 Å². The van der Waals surface area contributed by atoms with E-state index in [0.717, 1.165) is 5.56 Å². The largest absolute Gasteiger partial charge is 0.275 e. The number of sulfonamides is 1. The molecule has 0 atom stereocenters. The van der Waals surface area contributed by atoms with Crippen molar-refractivity contribution < 1.29 is 8.42 Å². The molecule has 0 spiro atoms. The summed E-state index contributed by atoms with van der Waals surface area (Å²) in [5.41, 5.74) is 1.41. The molecule has 2 heterocycles. The van der Waals surface area contributed by atoms with Gasteiger partial charge in [0.05, 0.1) is 18.1 Å². The fourth-order valence-corrected chi connectivity index (χ4v) is 2.78. The van der Waals surface area contributed by atoms with Gasteiger partial charge in [-0.1, -0.05) is 0 Å². The third kappa shape index (κ3) is 2.44. The smallest absolute Gasteiger partial charge is 0.244 e. The molecule has 18 heavy (non-hydrogen) atoms. The fraction of sp³-hybridized carbons (Fsp3) is 0.400. The first-order valence-corrected chi connectivity index (χ1v) is 6.84. The highest BCUT2D eigenvalue weighted by Crippen LogP contribution is 2.13. The van der Waals surface area contributed by atoms with E-state index in [1.807, 2.05) is 0 Å². The summed E-state index contributed by atoms with van der Waals surface area (Å²) < 4.78 is 29.8. The highest BCUT2D eigenvalue weighted by Gasteiger charge is 2.19. The van der Waals surface area contributed by atoms with Crippen LogP contribution in [0.3, 0.4) is 0 Å². The first kappa shape index (κ1) is 12.8. The van der Waals surface area contributed by atoms with Gasteiger partial charge < -0.3 is 0 Å². The molecule has 0 fully saturated rings. The maximum absolute atomic E-state index is 12.1. The van der Waals surface area contributed by atoms with Gasteiger partial charge in [-0.2, -0.15) is 10.2 Å². The highest BCUT2D eigenvalue weighted by molar-refractivity contribution is 7.89. The lowest BCUT2D eigenvalue weighted by atomic mass is 10.4. The molecule has 0 aliphatic carbocycles. The van der Waals surface area contributed by atoms with Crippen LogP contribution in [0.25, 0.3) is 0 Å². The van der Waals surface area contributed by atoms with Gasteiger partial charge in [-0.25, -0.2) is 13.1 Å². The summed E-state index contributed by atoms with van der Waals surface area (Å²) in [6, 6.07) is 0. The molecule has 2 rings (SSSR count). The van der Waals surface area contributed by atoms with E-state index >= 15 is 0 Å². The van der Waals surface area contributed by atoms with E-state index in [1.54, 1.807) is 38.1 Å². The van der Waals surface area contributed by atoms with Crippen molar-refractivity contribution in [3.05, 3.63) is 29.8 Å². The van der Waals surface area contributed by atoms with Crippen molar-refractivity contribution in [2.24, 2.45) is 14.1 Å². The second-order valence-corrected chi connectivity index (χ2v) is 5.80. The van der Waals surface area contributed by atoms with Crippen molar-refractivity contribution in [1.82, 2.24) is 24.3 Å². The molecule has 0 aliphatic rings. The Morgan fingerprint density at radius 2 is 2.00 bits per heavy atom. The van der Waals surface area contributed by atoms with E-state index in [1.165, 1.54) is 10.9 Å². The molecule has 2 aromatic heterocycles. The average Bonchev–Trinajstić information content (AvgIpc) is 2.85. The van der Waals surface area contributed by atoms with Gasteiger partial charge in [-0.15, -0.1) is 0 Å². The topological polar surface area (TPSA) is 81.8 Å². The van der Waals surface area contributed by atoms with Crippen molar-refractivity contribution in [2.45, 2.75) is 18.4 Å². The van der Waals surface area contributed by atoms with Gasteiger partial charge in [0.25, 0.3) is 0 Å². The monoisotopic (exact) mass is 269 g/mol. The minimum absolute atomic E-state index is 0.203. The molecule has 0 saturated heterocycles. The number of rotatable bonds is 4. The molecule has 0 saturated carbocycles. The molecule has 98 valence electrons. The standard InChI is InChI=1S/C10H15N5O2S/c1-8-10(6-12-15(8)3)18(16,17)13-5-9-4-11-14(2)7-9/h4,6-7,13H,5H2,1-3H3. The molecule has 0 radical (unpaired) electrons. The Kier molecular flexibility index (Phi) is 3.22. The van der Waals surface area contributed by atoms with Crippen LogP contribution in [-0.4, -0.2) is 28.0 Å². The normalized spacial score (nSPS) is 11.9. The van der Waals surface area contributed by atoms with Gasteiger partial charge in [-0.3, -0.25) is 9.36 Å². The lowest BCUT2D eigenvalue weighted by Gasteiger charge is -2.04. The molecule has 8 heteroatoms. The number of hydrogen-bond acceptors (Lipinski definition) is 4. The zero-order chi connectivity index (χ0) is 13.3. The maximum atomic E-state index is 12.1.